The fraction of sp³-hybridized carbons (Fsp3) is 0.438. The van der Waals surface area contributed by atoms with Crippen molar-refractivity contribution in [3.8, 4) is 22.8 Å². The number of nitrogens with one attached hydrogen (secondary N) is 1. The van der Waals surface area contributed by atoms with Gasteiger partial charge in [0.05, 0.1) is 29.8 Å². The van der Waals surface area contributed by atoms with Gasteiger partial charge in [-0.3, -0.25) is 14.4 Å². The zero-order valence-corrected chi connectivity index (χ0v) is 40.4. The van der Waals surface area contributed by atoms with Gasteiger partial charge in [0.1, 0.15) is 40.8 Å². The Balaban J connectivity index is 1.45. The molecule has 3 aromatic carbocycles. The van der Waals surface area contributed by atoms with Crippen LogP contribution in [0.2, 0.25) is 18.1 Å². The van der Waals surface area contributed by atoms with Gasteiger partial charge in [-0.25, -0.2) is 18.2 Å². The molecule has 1 aromatic heterocycles. The lowest BCUT2D eigenvalue weighted by molar-refractivity contribution is -0.147. The first-order valence-electron chi connectivity index (χ1n) is 21.6. The highest BCUT2D eigenvalue weighted by atomic mass is 32.2. The summed E-state index contributed by atoms with van der Waals surface area (Å²) >= 11 is 0. The van der Waals surface area contributed by atoms with Crippen molar-refractivity contribution in [1.29, 1.82) is 0 Å². The van der Waals surface area contributed by atoms with E-state index in [4.69, 9.17) is 29.4 Å². The van der Waals surface area contributed by atoms with E-state index in [0.29, 0.717) is 28.1 Å². The molecule has 2 aliphatic rings. The molecule has 17 heteroatoms. The monoisotopic (exact) mass is 927 g/mol. The maximum Gasteiger partial charge on any atom is 0.408 e. The molecule has 65 heavy (non-hydrogen) atoms. The molecular weight excluding hydrogens is 867 g/mol. The average molecular weight is 928 g/mol. The van der Waals surface area contributed by atoms with Crippen LogP contribution in [0.1, 0.15) is 60.8 Å². The average Bonchev–Trinajstić information content (AvgIpc) is 3.76. The Morgan fingerprint density at radius 3 is 2.23 bits per heavy atom. The summed E-state index contributed by atoms with van der Waals surface area (Å²) in [4.78, 5) is 64.0. The number of nitrogens with two attached hydrogens (primary N) is 1. The van der Waals surface area contributed by atoms with Crippen molar-refractivity contribution in [2.75, 3.05) is 20.3 Å². The fourth-order valence-electron chi connectivity index (χ4n) is 7.45. The summed E-state index contributed by atoms with van der Waals surface area (Å²) in [6.45, 7) is 19.0. The molecule has 2 heterocycles. The number of amides is 4. The maximum absolute atomic E-state index is 15.2. The Morgan fingerprint density at radius 2 is 1.65 bits per heavy atom. The third kappa shape index (κ3) is 10.7. The Hall–Kier alpha value is -5.62. The highest BCUT2D eigenvalue weighted by Gasteiger charge is 2.61. The standard InChI is InChI=1S/C48H61N5O10SSi/c1-11-32-29-48(32,49)44(56)53(64(58,59)35-20-16-13-17-21-35)43(55)40-27-34(62-41-28-38(31-18-14-12-15-19-31)50-39-26-33(60-8)22-23-36(39)41)30-52(40)42(54)37(51-45(57)63-46(2,3)4)24-25-61-65(9,10)47(5,6)7/h11-23,26,28,32,34,37,40H,1,24-25,27,29-30,49H2,2-10H3,(H,51,57)/t32-,34?,37+,40+,48-/m1/s1. The molecule has 1 aliphatic carbocycles. The second-order valence-electron chi connectivity index (χ2n) is 19.1. The zero-order chi connectivity index (χ0) is 47.7. The lowest BCUT2D eigenvalue weighted by Crippen LogP contribution is -2.59. The van der Waals surface area contributed by atoms with E-state index in [2.05, 4.69) is 45.8 Å². The van der Waals surface area contributed by atoms with Crippen molar-refractivity contribution in [1.82, 2.24) is 19.5 Å². The van der Waals surface area contributed by atoms with Crippen LogP contribution in [0.4, 0.5) is 4.79 Å². The number of carbonyl (C=O) groups excluding carboxylic acids is 4. The van der Waals surface area contributed by atoms with Gasteiger partial charge in [0.2, 0.25) is 5.91 Å². The van der Waals surface area contributed by atoms with Gasteiger partial charge >= 0.3 is 6.09 Å². The SMILES string of the molecule is C=C[C@@H]1C[C@]1(N)C(=O)N(C(=O)[C@@H]1CC(Oc2cc(-c3ccccc3)nc3cc(OC)ccc23)CN1C(=O)[C@H](CCO[Si](C)(C)C(C)(C)C)NC(=O)OC(C)(C)C)S(=O)(=O)c1ccccc1. The van der Waals surface area contributed by atoms with Gasteiger partial charge in [0, 0.05) is 42.0 Å². The Morgan fingerprint density at radius 1 is 1.00 bits per heavy atom. The van der Waals surface area contributed by atoms with Crippen LogP contribution in [0.3, 0.4) is 0 Å². The van der Waals surface area contributed by atoms with Crippen LogP contribution in [0.25, 0.3) is 22.2 Å². The molecule has 1 unspecified atom stereocenters. The van der Waals surface area contributed by atoms with E-state index in [1.807, 2.05) is 30.3 Å². The summed E-state index contributed by atoms with van der Waals surface area (Å²) in [7, 11) is -5.70. The van der Waals surface area contributed by atoms with E-state index in [9.17, 15) is 18.0 Å². The molecule has 0 bridgehead atoms. The summed E-state index contributed by atoms with van der Waals surface area (Å²) < 4.78 is 53.6. The number of pyridine rings is 1. The largest absolute Gasteiger partial charge is 0.497 e. The lowest BCUT2D eigenvalue weighted by atomic mass is 10.1. The minimum Gasteiger partial charge on any atom is -0.497 e. The van der Waals surface area contributed by atoms with Crippen LogP contribution in [-0.2, 0) is 33.6 Å². The smallest absolute Gasteiger partial charge is 0.408 e. The van der Waals surface area contributed by atoms with Gasteiger partial charge in [0.15, 0.2) is 8.32 Å². The molecule has 1 aliphatic heterocycles. The zero-order valence-electron chi connectivity index (χ0n) is 38.6. The number of nitrogens with zero attached hydrogens (tertiary/aromatic N) is 3. The van der Waals surface area contributed by atoms with Crippen LogP contribution in [0.5, 0.6) is 11.5 Å². The van der Waals surface area contributed by atoms with Gasteiger partial charge in [-0.15, -0.1) is 6.58 Å². The van der Waals surface area contributed by atoms with Gasteiger partial charge < -0.3 is 34.6 Å². The van der Waals surface area contributed by atoms with Crippen LogP contribution in [0.15, 0.2) is 102 Å². The van der Waals surface area contributed by atoms with Crippen LogP contribution in [-0.4, -0.2) is 104 Å². The van der Waals surface area contributed by atoms with Crippen molar-refractivity contribution in [3.05, 3.63) is 97.6 Å². The van der Waals surface area contributed by atoms with E-state index in [1.165, 1.54) is 35.2 Å². The predicted octanol–water partition coefficient (Wildman–Crippen LogP) is 7.21. The third-order valence-electron chi connectivity index (χ3n) is 12.2. The summed E-state index contributed by atoms with van der Waals surface area (Å²) in [5.41, 5.74) is 5.77. The molecule has 4 amide bonds. The summed E-state index contributed by atoms with van der Waals surface area (Å²) in [6.07, 6.45) is -0.600. The molecular formula is C48H61N5O10SSi. The maximum atomic E-state index is 15.2. The number of imide groups is 1. The highest BCUT2D eigenvalue weighted by Crippen LogP contribution is 2.45. The summed E-state index contributed by atoms with van der Waals surface area (Å²) in [5.74, 6) is -2.78. The first kappa shape index (κ1) is 48.8. The highest BCUT2D eigenvalue weighted by molar-refractivity contribution is 7.90. The van der Waals surface area contributed by atoms with E-state index in [1.54, 1.807) is 58.2 Å². The number of sulfonamides is 1. The number of carbonyl (C=O) groups is 4. The number of fused-ring (bicyclic) bond motifs is 1. The summed E-state index contributed by atoms with van der Waals surface area (Å²) in [6, 6.07) is 20.7. The quantitative estimate of drug-likeness (QED) is 0.0692. The third-order valence-corrected chi connectivity index (χ3v) is 18.5. The van der Waals surface area contributed by atoms with Gasteiger partial charge in [-0.2, -0.15) is 4.31 Å². The number of aromatic nitrogens is 1. The number of methoxy groups -OCH3 is 1. The van der Waals surface area contributed by atoms with Crippen molar-refractivity contribution in [3.63, 3.8) is 0 Å². The lowest BCUT2D eigenvalue weighted by Gasteiger charge is -2.37. The molecule has 5 atom stereocenters. The van der Waals surface area contributed by atoms with Gasteiger partial charge in [0.25, 0.3) is 21.8 Å². The Bertz CT molecular complexity index is 2550. The van der Waals surface area contributed by atoms with Crippen LogP contribution in [0, 0.1) is 5.92 Å². The second kappa shape index (κ2) is 18.7. The predicted molar refractivity (Wildman–Crippen MR) is 250 cm³/mol. The number of alkyl carbamates (subject to hydrolysis) is 1. The Kier molecular flexibility index (Phi) is 14.0. The number of ether oxygens (including phenoxy) is 3. The van der Waals surface area contributed by atoms with Crippen molar-refractivity contribution < 1.29 is 46.2 Å². The van der Waals surface area contributed by atoms with E-state index >= 15 is 9.59 Å². The molecule has 348 valence electrons. The molecule has 2 fully saturated rings. The van der Waals surface area contributed by atoms with E-state index in [0.717, 1.165) is 5.56 Å². The number of hydrogen-bond acceptors (Lipinski definition) is 12. The minimum absolute atomic E-state index is 0.0251. The molecule has 0 spiro atoms. The van der Waals surface area contributed by atoms with E-state index < -0.39 is 77.4 Å². The van der Waals surface area contributed by atoms with Crippen LogP contribution < -0.4 is 20.5 Å². The van der Waals surface area contributed by atoms with Crippen molar-refractivity contribution in [2.45, 2.75) is 113 Å². The van der Waals surface area contributed by atoms with Gasteiger partial charge in [-0.1, -0.05) is 75.4 Å². The molecule has 0 radical (unpaired) electrons. The van der Waals surface area contributed by atoms with Gasteiger partial charge in [-0.05, 0) is 76.0 Å². The minimum atomic E-state index is -4.90. The topological polar surface area (TPSA) is 197 Å². The number of benzene rings is 3. The number of hydrogen-bond donors (Lipinski definition) is 2. The molecule has 3 N–H and O–H groups in total. The molecule has 15 nitrogen and oxygen atoms in total. The Labute approximate surface area is 382 Å². The number of rotatable bonds is 15. The molecule has 4 aromatic rings. The molecule has 6 rings (SSSR count). The van der Waals surface area contributed by atoms with Crippen LogP contribution >= 0.6 is 0 Å². The molecule has 1 saturated carbocycles. The first-order valence-corrected chi connectivity index (χ1v) is 26.0. The second-order valence-corrected chi connectivity index (χ2v) is 25.7. The molecule has 1 saturated heterocycles. The van der Waals surface area contributed by atoms with Crippen molar-refractivity contribution >= 4 is 53.1 Å². The normalized spacial score (nSPS) is 20.4. The first-order chi connectivity index (χ1) is 30.4. The van der Waals surface area contributed by atoms with Crippen molar-refractivity contribution in [2.24, 2.45) is 11.7 Å². The summed E-state index contributed by atoms with van der Waals surface area (Å²) in [5, 5.41) is 3.13. The van der Waals surface area contributed by atoms with E-state index in [-0.39, 0.29) is 46.7 Å². The fourth-order valence-corrected chi connectivity index (χ4v) is 9.97. The number of likely N-dealkylation sites (tertiary alicyclic amines) is 1.